The molecule has 0 aromatic heterocycles. The predicted octanol–water partition coefficient (Wildman–Crippen LogP) is -0.0577. The fraction of sp³-hybridized carbons (Fsp3) is 0. The van der Waals surface area contributed by atoms with Crippen molar-refractivity contribution in [1.82, 2.24) is 12.3 Å². The molecule has 0 aromatic carbocycles. The summed E-state index contributed by atoms with van der Waals surface area (Å²) in [5.41, 5.74) is 0. The van der Waals surface area contributed by atoms with Crippen molar-refractivity contribution in [3.63, 3.8) is 0 Å². The molecular weight excluding hydrogens is 79.0 g/mol. The van der Waals surface area contributed by atoms with Crippen molar-refractivity contribution in [3.05, 3.63) is 13.2 Å². The van der Waals surface area contributed by atoms with Crippen molar-refractivity contribution < 1.29 is 0 Å². The van der Waals surface area contributed by atoms with Crippen LogP contribution in [0, 0.1) is 0 Å². The zero-order valence-corrected chi connectivity index (χ0v) is 2.83. The minimum absolute atomic E-state index is 0. The lowest BCUT2D eigenvalue weighted by Crippen LogP contribution is -0.552. The van der Waals surface area contributed by atoms with E-state index in [0.29, 0.717) is 0 Å². The Balaban J connectivity index is -0.00000000167. The summed E-state index contributed by atoms with van der Waals surface area (Å²) in [5, 5.41) is 0. The molecule has 0 heterocycles. The van der Waals surface area contributed by atoms with E-state index in [1.807, 2.05) is 0 Å². The van der Waals surface area contributed by atoms with Gasteiger partial charge in [-0.3, -0.25) is 0 Å². The van der Waals surface area contributed by atoms with Gasteiger partial charge >= 0.3 is 0 Å². The summed E-state index contributed by atoms with van der Waals surface area (Å²) in [4.78, 5) is 0. The zero-order chi connectivity index (χ0) is 2.00. The highest BCUT2D eigenvalue weighted by molar-refractivity contribution is 5.75. The smallest absolute Gasteiger partial charge is 0.187 e. The Bertz CT molecular complexity index is 7.61. The fourth-order valence-electron chi connectivity index (χ4n) is 0. The van der Waals surface area contributed by atoms with Gasteiger partial charge in [-0.2, -0.15) is 0 Å². The van der Waals surface area contributed by atoms with Crippen LogP contribution < -0.4 is 12.3 Å². The van der Waals surface area contributed by atoms with Crippen molar-refractivity contribution in [2.45, 2.75) is 0 Å². The van der Waals surface area contributed by atoms with Gasteiger partial charge in [-0.25, -0.2) is 0 Å². The average molecular weight is 92.1 g/mol. The van der Waals surface area contributed by atoms with E-state index in [2.05, 4.69) is 13.2 Å². The summed E-state index contributed by atoms with van der Waals surface area (Å²) in [5.74, 6) is 0. The number of hydrogen-bond acceptors (Lipinski definition) is 2. The molecule has 3 heteroatoms. The van der Waals surface area contributed by atoms with Crippen LogP contribution in [0.25, 0.3) is 0 Å². The zero-order valence-electron chi connectivity index (χ0n) is 2.83. The van der Waals surface area contributed by atoms with E-state index in [4.69, 9.17) is 0 Å². The van der Waals surface area contributed by atoms with Crippen molar-refractivity contribution >= 4 is 17.4 Å². The van der Waals surface area contributed by atoms with Crippen LogP contribution in [0.2, 0.25) is 0 Å². The highest BCUT2D eigenvalue weighted by Gasteiger charge is 0.601. The maximum atomic E-state index is 3.00. The molecule has 0 rings (SSSR count). The van der Waals surface area contributed by atoms with E-state index < -0.39 is 0 Å². The summed E-state index contributed by atoms with van der Waals surface area (Å²) in [7, 11) is 0. The monoisotopic (exact) mass is 92.1 g/mol. The maximum absolute atomic E-state index is 3.00. The molecule has 0 radical (unpaired) electrons. The lowest BCUT2D eigenvalue weighted by molar-refractivity contribution is 2.13. The van der Waals surface area contributed by atoms with E-state index >= 15 is 0 Å². The van der Waals surface area contributed by atoms with Crippen molar-refractivity contribution in [2.24, 2.45) is 0 Å². The first-order chi connectivity index (χ1) is 1.00. The van der Waals surface area contributed by atoms with Gasteiger partial charge < -0.3 is 12.3 Å². The molecule has 0 spiro atoms. The Hall–Kier alpha value is 0.192. The Morgan fingerprint density at radius 3 is 0.800 bits per heavy atom. The summed E-state index contributed by atoms with van der Waals surface area (Å²) in [6, 6.07) is 0. The molecule has 0 amide bonds. The van der Waals surface area contributed by atoms with Crippen LogP contribution in [0.3, 0.4) is 0 Å². The molecule has 0 aliphatic carbocycles. The first-order valence-electron chi connectivity index (χ1n) is 0.500. The number of hydrogen-bond donors (Lipinski definition) is 2. The van der Waals surface area contributed by atoms with Gasteiger partial charge in [0.1, 0.15) is 0 Å². The normalized spacial score (nSPS) is 0.800. The third-order valence-corrected chi connectivity index (χ3v) is 0. The Morgan fingerprint density at radius 2 is 0.800 bits per heavy atom. The van der Waals surface area contributed by atoms with Crippen LogP contribution in [0.1, 0.15) is 0 Å². The quantitative estimate of drug-likeness (QED) is 0.324. The molecule has 0 bridgehead atoms. The maximum Gasteiger partial charge on any atom is 0.187 e. The van der Waals surface area contributed by atoms with Crippen molar-refractivity contribution in [3.8, 4) is 0 Å². The van der Waals surface area contributed by atoms with Gasteiger partial charge in [-0.1, -0.05) is 0 Å². The fourth-order valence-corrected chi connectivity index (χ4v) is 0. The van der Waals surface area contributed by atoms with E-state index in [1.165, 1.54) is 0 Å². The molecule has 0 unspecified atom stereocenters. The van der Waals surface area contributed by atoms with Crippen molar-refractivity contribution in [1.29, 1.82) is 0 Å². The highest BCUT2D eigenvalue weighted by Crippen LogP contribution is 0.862. The molecule has 0 fully saturated rings. The van der Waals surface area contributed by atoms with Crippen LogP contribution in [0.4, 0.5) is 0 Å². The first kappa shape index (κ1) is 64.2. The van der Waals surface area contributed by atoms with Crippen LogP contribution >= 0.6 is 0 Å². The SMILES string of the molecule is C=C.N.N.[AlH3]. The van der Waals surface area contributed by atoms with Gasteiger partial charge in [-0.15, -0.1) is 13.2 Å². The molecular formula is C2H13AlN2. The minimum atomic E-state index is 0. The Kier molecular flexibility index (Phi) is 14800. The van der Waals surface area contributed by atoms with Crippen LogP contribution in [0.5, 0.6) is 0 Å². The molecule has 34 valence electrons. The molecule has 5 heavy (non-hydrogen) atoms. The number of rotatable bonds is 0. The van der Waals surface area contributed by atoms with Crippen LogP contribution in [0.15, 0.2) is 13.2 Å². The lowest BCUT2D eigenvalue weighted by Gasteiger charge is -0.813. The Morgan fingerprint density at radius 1 is 0.800 bits per heavy atom. The van der Waals surface area contributed by atoms with Gasteiger partial charge in [0.25, 0.3) is 0 Å². The van der Waals surface area contributed by atoms with Crippen LogP contribution in [-0.4, -0.2) is 17.4 Å². The van der Waals surface area contributed by atoms with Gasteiger partial charge in [0.05, 0.1) is 0 Å². The summed E-state index contributed by atoms with van der Waals surface area (Å²) in [6.45, 7) is 6.00. The topological polar surface area (TPSA) is 70.0 Å². The molecule has 0 atom stereocenters. The van der Waals surface area contributed by atoms with Gasteiger partial charge in [-0.05, 0) is 0 Å². The molecule has 6 N–H and O–H groups in total. The van der Waals surface area contributed by atoms with Crippen molar-refractivity contribution in [2.75, 3.05) is 0 Å². The molecule has 0 saturated carbocycles. The summed E-state index contributed by atoms with van der Waals surface area (Å²) >= 11 is 0. The first-order valence-corrected chi connectivity index (χ1v) is 0.500. The van der Waals surface area contributed by atoms with E-state index in [-0.39, 0.29) is 29.7 Å². The summed E-state index contributed by atoms with van der Waals surface area (Å²) in [6.07, 6.45) is 0. The van der Waals surface area contributed by atoms with E-state index in [0.717, 1.165) is 0 Å². The second-order valence-corrected chi connectivity index (χ2v) is 0. The predicted molar refractivity (Wildman–Crippen MR) is 31.2 cm³/mol. The summed E-state index contributed by atoms with van der Waals surface area (Å²) < 4.78 is 0. The van der Waals surface area contributed by atoms with E-state index in [9.17, 15) is 0 Å². The van der Waals surface area contributed by atoms with Gasteiger partial charge in [0, 0.05) is 0 Å². The minimum Gasteiger partial charge on any atom is -0.344 e. The van der Waals surface area contributed by atoms with Gasteiger partial charge in [0.15, 0.2) is 17.4 Å². The largest absolute Gasteiger partial charge is 0.344 e. The molecule has 0 aliphatic rings. The molecule has 0 aromatic rings. The molecule has 0 saturated heterocycles. The average Bonchev–Trinajstić information content (AvgIpc) is 1.00. The lowest BCUT2D eigenvalue weighted by atomic mass is 11.3. The molecule has 2 nitrogen and oxygen atoms in total. The Labute approximate surface area is 43.6 Å². The van der Waals surface area contributed by atoms with E-state index in [1.54, 1.807) is 0 Å². The highest BCUT2D eigenvalue weighted by atomic mass is 27.0. The second-order valence-electron chi connectivity index (χ2n) is 0. The molecule has 0 aliphatic heterocycles. The van der Waals surface area contributed by atoms with Gasteiger partial charge in [0.2, 0.25) is 0 Å². The standard InChI is InChI=1S/C2H4.Al.2H3N.3H/c1-2;;;;;;/h1-2H2;;2*1H3;;;. The third-order valence-electron chi connectivity index (χ3n) is 0. The third kappa shape index (κ3) is 544. The second kappa shape index (κ2) is 1150. The van der Waals surface area contributed by atoms with Crippen LogP contribution in [-0.2, 0) is 0 Å².